The van der Waals surface area contributed by atoms with E-state index in [0.29, 0.717) is 11.4 Å². The monoisotopic (exact) mass is 430 g/mol. The van der Waals surface area contributed by atoms with Crippen molar-refractivity contribution >= 4 is 29.0 Å². The smallest absolute Gasteiger partial charge is 0.293 e. The first-order valence-corrected chi connectivity index (χ1v) is 11.1. The molecule has 1 aliphatic rings. The number of rotatable bonds is 4. The fourth-order valence-electron chi connectivity index (χ4n) is 4.05. The van der Waals surface area contributed by atoms with E-state index in [9.17, 15) is 9.59 Å². The van der Waals surface area contributed by atoms with Crippen molar-refractivity contribution in [2.24, 2.45) is 0 Å². The van der Waals surface area contributed by atoms with E-state index in [2.05, 4.69) is 56.5 Å². The molecule has 31 heavy (non-hydrogen) atoms. The van der Waals surface area contributed by atoms with Crippen LogP contribution in [0, 0.1) is 34.6 Å². The number of carbonyl (C=O) groups excluding carboxylic acids is 2. The molecule has 4 rings (SSSR count). The average molecular weight is 431 g/mol. The summed E-state index contributed by atoms with van der Waals surface area (Å²) in [5.74, 6) is -0.229. The Morgan fingerprint density at radius 1 is 0.935 bits per heavy atom. The second-order valence-corrected chi connectivity index (χ2v) is 9.13. The number of amides is 2. The zero-order chi connectivity index (χ0) is 22.3. The van der Waals surface area contributed by atoms with E-state index in [4.69, 9.17) is 0 Å². The summed E-state index contributed by atoms with van der Waals surface area (Å²) in [6.07, 6.45) is 1.85. The molecule has 1 fully saturated rings. The lowest BCUT2D eigenvalue weighted by Gasteiger charge is -2.14. The Bertz CT molecular complexity index is 1240. The molecule has 0 atom stereocenters. The number of hydrogen-bond donors (Lipinski definition) is 0. The van der Waals surface area contributed by atoms with E-state index in [1.807, 2.05) is 37.3 Å². The molecule has 0 unspecified atom stereocenters. The Labute approximate surface area is 187 Å². The van der Waals surface area contributed by atoms with Crippen LogP contribution >= 0.6 is 11.8 Å². The zero-order valence-electron chi connectivity index (χ0n) is 18.5. The van der Waals surface area contributed by atoms with Crippen molar-refractivity contribution in [1.82, 2.24) is 9.47 Å². The predicted octanol–water partition coefficient (Wildman–Crippen LogP) is 6.26. The predicted molar refractivity (Wildman–Crippen MR) is 127 cm³/mol. The summed E-state index contributed by atoms with van der Waals surface area (Å²) in [6, 6.07) is 16.3. The van der Waals surface area contributed by atoms with Gasteiger partial charge in [0.2, 0.25) is 0 Å². The number of imide groups is 1. The maximum Gasteiger partial charge on any atom is 0.293 e. The first-order chi connectivity index (χ1) is 14.8. The van der Waals surface area contributed by atoms with E-state index in [1.54, 1.807) is 0 Å². The Morgan fingerprint density at radius 2 is 1.68 bits per heavy atom. The SMILES string of the molecule is Cc1cccc(CN2C(=O)S/C(=C\c3cc(C)n(-c4cccc(C)c4C)c3C)C2=O)c1. The number of benzene rings is 2. The van der Waals surface area contributed by atoms with Crippen LogP contribution in [0.1, 0.15) is 39.2 Å². The van der Waals surface area contributed by atoms with Crippen LogP contribution in [-0.2, 0) is 11.3 Å². The summed E-state index contributed by atoms with van der Waals surface area (Å²) in [5, 5.41) is -0.221. The number of carbonyl (C=O) groups is 2. The Balaban J connectivity index is 1.66. The molecular formula is C26H26N2O2S. The van der Waals surface area contributed by atoms with Gasteiger partial charge in [-0.25, -0.2) is 0 Å². The molecule has 4 nitrogen and oxygen atoms in total. The Morgan fingerprint density at radius 3 is 2.42 bits per heavy atom. The highest BCUT2D eigenvalue weighted by Gasteiger charge is 2.35. The zero-order valence-corrected chi connectivity index (χ0v) is 19.3. The van der Waals surface area contributed by atoms with Gasteiger partial charge < -0.3 is 4.57 Å². The molecule has 2 amide bonds. The van der Waals surface area contributed by atoms with Crippen molar-refractivity contribution in [3.05, 3.63) is 92.6 Å². The van der Waals surface area contributed by atoms with Gasteiger partial charge in [0.25, 0.3) is 11.1 Å². The number of aryl methyl sites for hydroxylation is 3. The molecule has 0 bridgehead atoms. The summed E-state index contributed by atoms with van der Waals surface area (Å²) < 4.78 is 2.21. The lowest BCUT2D eigenvalue weighted by molar-refractivity contribution is -0.123. The van der Waals surface area contributed by atoms with Gasteiger partial charge in [0.1, 0.15) is 0 Å². The van der Waals surface area contributed by atoms with Gasteiger partial charge in [0.15, 0.2) is 0 Å². The lowest BCUT2D eigenvalue weighted by atomic mass is 10.1. The van der Waals surface area contributed by atoms with Gasteiger partial charge in [-0.2, -0.15) is 0 Å². The third-order valence-corrected chi connectivity index (χ3v) is 6.78. The molecule has 1 aliphatic heterocycles. The van der Waals surface area contributed by atoms with Crippen LogP contribution in [0.2, 0.25) is 0 Å². The molecule has 1 saturated heterocycles. The van der Waals surface area contributed by atoms with Crippen molar-refractivity contribution in [2.45, 2.75) is 41.2 Å². The molecule has 158 valence electrons. The third-order valence-electron chi connectivity index (χ3n) is 5.87. The fourth-order valence-corrected chi connectivity index (χ4v) is 4.88. The van der Waals surface area contributed by atoms with Gasteiger partial charge in [-0.15, -0.1) is 0 Å². The van der Waals surface area contributed by atoms with Crippen molar-refractivity contribution in [1.29, 1.82) is 0 Å². The molecule has 0 spiro atoms. The summed E-state index contributed by atoms with van der Waals surface area (Å²) in [7, 11) is 0. The molecule has 2 heterocycles. The van der Waals surface area contributed by atoms with E-state index in [1.165, 1.54) is 16.0 Å². The summed E-state index contributed by atoms with van der Waals surface area (Å²) >= 11 is 1.01. The van der Waals surface area contributed by atoms with Crippen molar-refractivity contribution < 1.29 is 9.59 Å². The molecule has 3 aromatic rings. The number of hydrogen-bond acceptors (Lipinski definition) is 3. The second kappa shape index (κ2) is 8.23. The van der Waals surface area contributed by atoms with Crippen LogP contribution < -0.4 is 0 Å². The van der Waals surface area contributed by atoms with Crippen LogP contribution in [0.15, 0.2) is 53.4 Å². The molecule has 0 aliphatic carbocycles. The van der Waals surface area contributed by atoms with Crippen LogP contribution in [0.3, 0.4) is 0 Å². The standard InChI is InChI=1S/C26H26N2O2S/c1-16-8-6-10-21(12-16)15-27-25(29)24(31-26(27)30)14-22-13-18(3)28(20(22)5)23-11-7-9-17(2)19(23)4/h6-14H,15H2,1-5H3/b24-14-. The van der Waals surface area contributed by atoms with Gasteiger partial charge in [-0.3, -0.25) is 14.5 Å². The van der Waals surface area contributed by atoms with Gasteiger partial charge in [0, 0.05) is 17.1 Å². The van der Waals surface area contributed by atoms with E-state index < -0.39 is 0 Å². The quantitative estimate of drug-likeness (QED) is 0.459. The van der Waals surface area contributed by atoms with E-state index in [0.717, 1.165) is 45.5 Å². The van der Waals surface area contributed by atoms with Crippen molar-refractivity contribution in [3.63, 3.8) is 0 Å². The highest BCUT2D eigenvalue weighted by molar-refractivity contribution is 8.18. The molecule has 5 heteroatoms. The Hall–Kier alpha value is -3.05. The van der Waals surface area contributed by atoms with Crippen LogP contribution in [0.25, 0.3) is 11.8 Å². The van der Waals surface area contributed by atoms with Crippen LogP contribution in [0.4, 0.5) is 4.79 Å². The molecule has 0 radical (unpaired) electrons. The molecule has 1 aromatic heterocycles. The van der Waals surface area contributed by atoms with Gasteiger partial charge in [-0.05, 0) is 86.8 Å². The topological polar surface area (TPSA) is 42.3 Å². The first-order valence-electron chi connectivity index (χ1n) is 10.3. The molecular weight excluding hydrogens is 404 g/mol. The maximum atomic E-state index is 13.0. The Kier molecular flexibility index (Phi) is 5.63. The molecule has 2 aromatic carbocycles. The van der Waals surface area contributed by atoms with E-state index >= 15 is 0 Å². The minimum Gasteiger partial charge on any atom is -0.318 e. The average Bonchev–Trinajstić information content (AvgIpc) is 3.14. The van der Waals surface area contributed by atoms with Crippen LogP contribution in [0.5, 0.6) is 0 Å². The number of nitrogens with zero attached hydrogens (tertiary/aromatic N) is 2. The van der Waals surface area contributed by atoms with Crippen molar-refractivity contribution in [2.75, 3.05) is 0 Å². The highest BCUT2D eigenvalue weighted by Crippen LogP contribution is 2.35. The van der Waals surface area contributed by atoms with Gasteiger partial charge >= 0.3 is 0 Å². The second-order valence-electron chi connectivity index (χ2n) is 8.14. The summed E-state index contributed by atoms with van der Waals surface area (Å²) in [4.78, 5) is 27.3. The fraction of sp³-hybridized carbons (Fsp3) is 0.231. The maximum absolute atomic E-state index is 13.0. The first kappa shape index (κ1) is 21.2. The molecule has 0 N–H and O–H groups in total. The van der Waals surface area contributed by atoms with Crippen LogP contribution in [-0.4, -0.2) is 20.6 Å². The lowest BCUT2D eigenvalue weighted by Crippen LogP contribution is -2.27. The highest BCUT2D eigenvalue weighted by atomic mass is 32.2. The largest absolute Gasteiger partial charge is 0.318 e. The number of thioether (sulfide) groups is 1. The summed E-state index contributed by atoms with van der Waals surface area (Å²) in [5.41, 5.74) is 8.78. The van der Waals surface area contributed by atoms with Gasteiger partial charge in [0.05, 0.1) is 11.4 Å². The normalized spacial score (nSPS) is 15.4. The van der Waals surface area contributed by atoms with Gasteiger partial charge in [-0.1, -0.05) is 42.0 Å². The minimum atomic E-state index is -0.229. The van der Waals surface area contributed by atoms with E-state index in [-0.39, 0.29) is 11.1 Å². The number of aromatic nitrogens is 1. The molecule has 0 saturated carbocycles. The summed E-state index contributed by atoms with van der Waals surface area (Å²) in [6.45, 7) is 10.7. The van der Waals surface area contributed by atoms with Crippen molar-refractivity contribution in [3.8, 4) is 5.69 Å². The third kappa shape index (κ3) is 3.98. The minimum absolute atomic E-state index is 0.221.